The average Bonchev–Trinajstić information content (AvgIpc) is 2.19. The Labute approximate surface area is 92.3 Å². The van der Waals surface area contributed by atoms with Crippen molar-refractivity contribution < 1.29 is 5.11 Å². The van der Waals surface area contributed by atoms with Gasteiger partial charge in [0.15, 0.2) is 0 Å². The van der Waals surface area contributed by atoms with Crippen molar-refractivity contribution in [3.8, 4) is 0 Å². The first-order valence-electron chi connectivity index (χ1n) is 5.51. The molecule has 0 amide bonds. The van der Waals surface area contributed by atoms with E-state index in [1.165, 1.54) is 5.56 Å². The predicted molar refractivity (Wildman–Crippen MR) is 64.0 cm³/mol. The normalized spacial score (nSPS) is 15.3. The Hall–Kier alpha value is -0.860. The molecule has 2 unspecified atom stereocenters. The molecule has 2 N–H and O–H groups in total. The number of aliphatic hydroxyl groups is 1. The van der Waals surface area contributed by atoms with Gasteiger partial charge in [-0.1, -0.05) is 38.1 Å². The van der Waals surface area contributed by atoms with E-state index in [0.29, 0.717) is 5.92 Å². The molecule has 0 aliphatic rings. The van der Waals surface area contributed by atoms with Crippen LogP contribution in [0, 0.1) is 0 Å². The van der Waals surface area contributed by atoms with E-state index >= 15 is 0 Å². The van der Waals surface area contributed by atoms with Crippen LogP contribution in [0.1, 0.15) is 43.9 Å². The Kier molecular flexibility index (Phi) is 4.30. The summed E-state index contributed by atoms with van der Waals surface area (Å²) in [6.45, 7) is 6.16. The molecule has 0 aliphatic heterocycles. The van der Waals surface area contributed by atoms with Crippen LogP contribution < -0.4 is 5.32 Å². The van der Waals surface area contributed by atoms with Gasteiger partial charge in [-0.3, -0.25) is 0 Å². The van der Waals surface area contributed by atoms with Crippen LogP contribution >= 0.6 is 0 Å². The fourth-order valence-corrected chi connectivity index (χ4v) is 1.77. The minimum atomic E-state index is -0.375. The summed E-state index contributed by atoms with van der Waals surface area (Å²) in [7, 11) is 1.87. The lowest BCUT2D eigenvalue weighted by atomic mass is 9.97. The number of nitrogens with one attached hydrogen (secondary N) is 1. The summed E-state index contributed by atoms with van der Waals surface area (Å²) < 4.78 is 0. The highest BCUT2D eigenvalue weighted by Gasteiger charge is 2.14. The van der Waals surface area contributed by atoms with Crippen LogP contribution in [0.5, 0.6) is 0 Å². The van der Waals surface area contributed by atoms with Crippen molar-refractivity contribution in [3.63, 3.8) is 0 Å². The molecular weight excluding hydrogens is 186 g/mol. The third-order valence-electron chi connectivity index (χ3n) is 2.76. The predicted octanol–water partition coefficient (Wildman–Crippen LogP) is 2.45. The molecule has 0 radical (unpaired) electrons. The Balaban J connectivity index is 2.87. The zero-order valence-corrected chi connectivity index (χ0v) is 9.99. The second-order valence-electron chi connectivity index (χ2n) is 4.33. The number of rotatable bonds is 4. The highest BCUT2D eigenvalue weighted by Crippen LogP contribution is 2.20. The molecule has 0 fully saturated rings. The van der Waals surface area contributed by atoms with Crippen LogP contribution in [-0.2, 0) is 0 Å². The largest absolute Gasteiger partial charge is 0.391 e. The van der Waals surface area contributed by atoms with E-state index in [4.69, 9.17) is 0 Å². The first-order chi connectivity index (χ1) is 7.06. The van der Waals surface area contributed by atoms with Gasteiger partial charge < -0.3 is 10.4 Å². The van der Waals surface area contributed by atoms with E-state index in [1.54, 1.807) is 6.92 Å². The van der Waals surface area contributed by atoms with Gasteiger partial charge in [0.2, 0.25) is 0 Å². The summed E-state index contributed by atoms with van der Waals surface area (Å²) in [6.07, 6.45) is -0.375. The second-order valence-corrected chi connectivity index (χ2v) is 4.33. The first kappa shape index (κ1) is 12.2. The Bertz CT molecular complexity index is 290. The van der Waals surface area contributed by atoms with Crippen molar-refractivity contribution in [1.82, 2.24) is 5.32 Å². The van der Waals surface area contributed by atoms with Crippen LogP contribution in [0.4, 0.5) is 0 Å². The number of hydrogen-bond acceptors (Lipinski definition) is 2. The highest BCUT2D eigenvalue weighted by atomic mass is 16.3. The van der Waals surface area contributed by atoms with Crippen molar-refractivity contribution in [1.29, 1.82) is 0 Å². The lowest BCUT2D eigenvalue weighted by Gasteiger charge is -2.20. The maximum absolute atomic E-state index is 9.58. The van der Waals surface area contributed by atoms with Gasteiger partial charge in [0.1, 0.15) is 0 Å². The average molecular weight is 207 g/mol. The monoisotopic (exact) mass is 207 g/mol. The van der Waals surface area contributed by atoms with Crippen LogP contribution in [0.15, 0.2) is 24.3 Å². The van der Waals surface area contributed by atoms with Crippen LogP contribution in [0.3, 0.4) is 0 Å². The van der Waals surface area contributed by atoms with Gasteiger partial charge in [0, 0.05) is 0 Å². The van der Waals surface area contributed by atoms with Crippen LogP contribution in [0.2, 0.25) is 0 Å². The smallest absolute Gasteiger partial charge is 0.0706 e. The van der Waals surface area contributed by atoms with Gasteiger partial charge in [-0.25, -0.2) is 0 Å². The SMILES string of the molecule is CNC(c1ccc(C(C)C)cc1)C(C)O. The molecule has 1 aromatic rings. The minimum Gasteiger partial charge on any atom is -0.391 e. The maximum atomic E-state index is 9.58. The third kappa shape index (κ3) is 3.05. The fourth-order valence-electron chi connectivity index (χ4n) is 1.77. The van der Waals surface area contributed by atoms with Crippen molar-refractivity contribution in [2.45, 2.75) is 38.8 Å². The third-order valence-corrected chi connectivity index (χ3v) is 2.76. The fraction of sp³-hybridized carbons (Fsp3) is 0.538. The zero-order chi connectivity index (χ0) is 11.4. The lowest BCUT2D eigenvalue weighted by molar-refractivity contribution is 0.150. The second kappa shape index (κ2) is 5.29. The van der Waals surface area contributed by atoms with Gasteiger partial charge in [0.05, 0.1) is 12.1 Å². The summed E-state index contributed by atoms with van der Waals surface area (Å²) >= 11 is 0. The molecule has 84 valence electrons. The quantitative estimate of drug-likeness (QED) is 0.795. The molecule has 15 heavy (non-hydrogen) atoms. The number of likely N-dealkylation sites (N-methyl/N-ethyl adjacent to an activating group) is 1. The molecule has 1 aromatic carbocycles. The lowest BCUT2D eigenvalue weighted by Crippen LogP contribution is -2.26. The Morgan fingerprint density at radius 1 is 1.00 bits per heavy atom. The molecule has 1 rings (SSSR count). The molecule has 0 heterocycles. The number of hydrogen-bond donors (Lipinski definition) is 2. The van der Waals surface area contributed by atoms with E-state index in [2.05, 4.69) is 43.4 Å². The van der Waals surface area contributed by atoms with Crippen molar-refractivity contribution in [2.24, 2.45) is 0 Å². The minimum absolute atomic E-state index is 0.0196. The molecule has 0 spiro atoms. The van der Waals surface area contributed by atoms with Gasteiger partial charge in [-0.15, -0.1) is 0 Å². The standard InChI is InChI=1S/C13H21NO/c1-9(2)11-5-7-12(8-6-11)13(14-4)10(3)15/h5-10,13-15H,1-4H3. The summed E-state index contributed by atoms with van der Waals surface area (Å²) in [5.74, 6) is 0.554. The number of benzene rings is 1. The summed E-state index contributed by atoms with van der Waals surface area (Å²) in [5.41, 5.74) is 2.47. The van der Waals surface area contributed by atoms with Crippen molar-refractivity contribution in [3.05, 3.63) is 35.4 Å². The summed E-state index contributed by atoms with van der Waals surface area (Å²) in [6, 6.07) is 8.46. The topological polar surface area (TPSA) is 32.3 Å². The van der Waals surface area contributed by atoms with E-state index in [-0.39, 0.29) is 12.1 Å². The van der Waals surface area contributed by atoms with E-state index in [0.717, 1.165) is 5.56 Å². The van der Waals surface area contributed by atoms with Crippen molar-refractivity contribution >= 4 is 0 Å². The first-order valence-corrected chi connectivity index (χ1v) is 5.51. The van der Waals surface area contributed by atoms with Gasteiger partial charge in [-0.05, 0) is 31.0 Å². The summed E-state index contributed by atoms with van der Waals surface area (Å²) in [5, 5.41) is 12.7. The molecular formula is C13H21NO. The highest BCUT2D eigenvalue weighted by molar-refractivity contribution is 5.27. The van der Waals surface area contributed by atoms with E-state index < -0.39 is 0 Å². The van der Waals surface area contributed by atoms with Gasteiger partial charge >= 0.3 is 0 Å². The van der Waals surface area contributed by atoms with Crippen LogP contribution in [-0.4, -0.2) is 18.3 Å². The van der Waals surface area contributed by atoms with Crippen molar-refractivity contribution in [2.75, 3.05) is 7.05 Å². The molecule has 2 atom stereocenters. The number of aliphatic hydroxyl groups excluding tert-OH is 1. The van der Waals surface area contributed by atoms with Gasteiger partial charge in [0.25, 0.3) is 0 Å². The van der Waals surface area contributed by atoms with E-state index in [9.17, 15) is 5.11 Å². The molecule has 0 saturated heterocycles. The van der Waals surface area contributed by atoms with Crippen LogP contribution in [0.25, 0.3) is 0 Å². The molecule has 0 aromatic heterocycles. The van der Waals surface area contributed by atoms with Gasteiger partial charge in [-0.2, -0.15) is 0 Å². The van der Waals surface area contributed by atoms with E-state index in [1.807, 2.05) is 7.05 Å². The summed E-state index contributed by atoms with van der Waals surface area (Å²) in [4.78, 5) is 0. The zero-order valence-electron chi connectivity index (χ0n) is 9.99. The Morgan fingerprint density at radius 3 is 1.80 bits per heavy atom. The molecule has 2 heteroatoms. The molecule has 0 bridgehead atoms. The maximum Gasteiger partial charge on any atom is 0.0706 e. The molecule has 0 saturated carbocycles. The molecule has 0 aliphatic carbocycles. The Morgan fingerprint density at radius 2 is 1.47 bits per heavy atom. The molecule has 2 nitrogen and oxygen atoms in total.